The summed E-state index contributed by atoms with van der Waals surface area (Å²) < 4.78 is 7.16. The van der Waals surface area contributed by atoms with Crippen LogP contribution >= 0.6 is 0 Å². The molecule has 0 saturated carbocycles. The van der Waals surface area contributed by atoms with Gasteiger partial charge in [0.25, 0.3) is 0 Å². The van der Waals surface area contributed by atoms with Gasteiger partial charge in [0, 0.05) is 12.7 Å². The van der Waals surface area contributed by atoms with Gasteiger partial charge in [0.1, 0.15) is 0 Å². The van der Waals surface area contributed by atoms with Crippen LogP contribution in [-0.2, 0) is 17.8 Å². The van der Waals surface area contributed by atoms with Crippen molar-refractivity contribution in [2.24, 2.45) is 0 Å². The molecule has 5 heteroatoms. The first-order valence-corrected chi connectivity index (χ1v) is 5.09. The summed E-state index contributed by atoms with van der Waals surface area (Å²) in [6, 6.07) is 0. The van der Waals surface area contributed by atoms with Gasteiger partial charge < -0.3 is 10.1 Å². The smallest absolute Gasteiger partial charge is 0.0964 e. The van der Waals surface area contributed by atoms with Gasteiger partial charge in [-0.15, -0.1) is 11.7 Å². The van der Waals surface area contributed by atoms with Crippen molar-refractivity contribution in [3.63, 3.8) is 0 Å². The minimum Gasteiger partial charge on any atom is -0.379 e. The van der Waals surface area contributed by atoms with Crippen LogP contribution in [0.1, 0.15) is 12.1 Å². The van der Waals surface area contributed by atoms with Crippen molar-refractivity contribution >= 4 is 0 Å². The Hall–Kier alpha value is -1.20. The Morgan fingerprint density at radius 3 is 3.20 bits per heavy atom. The lowest BCUT2D eigenvalue weighted by atomic mass is 10.4. The molecule has 84 valence electrons. The van der Waals surface area contributed by atoms with E-state index in [1.165, 1.54) is 0 Å². The van der Waals surface area contributed by atoms with E-state index in [1.807, 2.05) is 19.3 Å². The number of rotatable bonds is 8. The van der Waals surface area contributed by atoms with Gasteiger partial charge in [-0.1, -0.05) is 11.3 Å². The average molecular weight is 210 g/mol. The number of hydrogen-bond donors (Lipinski definition) is 1. The number of ether oxygens (including phenoxy) is 1. The van der Waals surface area contributed by atoms with E-state index in [0.717, 1.165) is 31.8 Å². The summed E-state index contributed by atoms with van der Waals surface area (Å²) in [5.74, 6) is 0. The molecule has 1 heterocycles. The van der Waals surface area contributed by atoms with Gasteiger partial charge in [-0.3, -0.25) is 0 Å². The molecule has 0 aromatic carbocycles. The first-order chi connectivity index (χ1) is 7.36. The highest BCUT2D eigenvalue weighted by molar-refractivity contribution is 4.90. The first kappa shape index (κ1) is 11.9. The quantitative estimate of drug-likeness (QED) is 0.504. The first-order valence-electron chi connectivity index (χ1n) is 5.09. The third-order valence-corrected chi connectivity index (χ3v) is 1.88. The van der Waals surface area contributed by atoms with Gasteiger partial charge in [0.2, 0.25) is 0 Å². The van der Waals surface area contributed by atoms with Crippen LogP contribution in [0.25, 0.3) is 0 Å². The molecule has 0 spiro atoms. The number of aromatic nitrogens is 3. The summed E-state index contributed by atoms with van der Waals surface area (Å²) in [6.45, 7) is 6.50. The van der Waals surface area contributed by atoms with E-state index in [1.54, 1.807) is 4.68 Å². The van der Waals surface area contributed by atoms with Crippen molar-refractivity contribution in [2.45, 2.75) is 19.5 Å². The fourth-order valence-electron chi connectivity index (χ4n) is 1.14. The minimum atomic E-state index is 0.663. The van der Waals surface area contributed by atoms with Gasteiger partial charge in [-0.25, -0.2) is 4.68 Å². The van der Waals surface area contributed by atoms with E-state index >= 15 is 0 Å². The zero-order chi connectivity index (χ0) is 10.9. The lowest BCUT2D eigenvalue weighted by Crippen LogP contribution is -2.07. The van der Waals surface area contributed by atoms with Crippen LogP contribution in [0.4, 0.5) is 0 Å². The highest BCUT2D eigenvalue weighted by Crippen LogP contribution is 1.92. The summed E-state index contributed by atoms with van der Waals surface area (Å²) in [7, 11) is 1.89. The van der Waals surface area contributed by atoms with E-state index in [2.05, 4.69) is 22.2 Å². The highest BCUT2D eigenvalue weighted by atomic mass is 16.5. The Bertz CT molecular complexity index is 285. The zero-order valence-electron chi connectivity index (χ0n) is 9.15. The van der Waals surface area contributed by atoms with Gasteiger partial charge in [0.05, 0.1) is 25.5 Å². The highest BCUT2D eigenvalue weighted by Gasteiger charge is 1.98. The SMILES string of the molecule is C=CCCOCCn1cc(CNC)nn1. The maximum Gasteiger partial charge on any atom is 0.0964 e. The molecule has 0 unspecified atom stereocenters. The fraction of sp³-hybridized carbons (Fsp3) is 0.600. The number of hydrogen-bond acceptors (Lipinski definition) is 4. The maximum absolute atomic E-state index is 5.37. The summed E-state index contributed by atoms with van der Waals surface area (Å²) in [4.78, 5) is 0. The fourth-order valence-corrected chi connectivity index (χ4v) is 1.14. The van der Waals surface area contributed by atoms with Crippen molar-refractivity contribution in [3.8, 4) is 0 Å². The zero-order valence-corrected chi connectivity index (χ0v) is 9.15. The second-order valence-electron chi connectivity index (χ2n) is 3.19. The van der Waals surface area contributed by atoms with Crippen LogP contribution < -0.4 is 5.32 Å². The van der Waals surface area contributed by atoms with Crippen LogP contribution in [0.5, 0.6) is 0 Å². The Balaban J connectivity index is 2.16. The molecule has 0 bridgehead atoms. The predicted molar refractivity (Wildman–Crippen MR) is 58.4 cm³/mol. The van der Waals surface area contributed by atoms with Crippen molar-refractivity contribution < 1.29 is 4.74 Å². The van der Waals surface area contributed by atoms with Gasteiger partial charge in [-0.2, -0.15) is 0 Å². The Kier molecular flexibility index (Phi) is 5.65. The molecule has 15 heavy (non-hydrogen) atoms. The second kappa shape index (κ2) is 7.14. The molecule has 0 amide bonds. The Labute approximate surface area is 90.1 Å². The molecule has 1 aromatic rings. The van der Waals surface area contributed by atoms with E-state index < -0.39 is 0 Å². The Morgan fingerprint density at radius 1 is 1.60 bits per heavy atom. The molecule has 5 nitrogen and oxygen atoms in total. The molecule has 1 aromatic heterocycles. The second-order valence-corrected chi connectivity index (χ2v) is 3.19. The number of nitrogens with one attached hydrogen (secondary N) is 1. The van der Waals surface area contributed by atoms with Crippen LogP contribution in [0.3, 0.4) is 0 Å². The molecule has 0 aliphatic heterocycles. The largest absolute Gasteiger partial charge is 0.379 e. The molecule has 0 atom stereocenters. The summed E-state index contributed by atoms with van der Waals surface area (Å²) >= 11 is 0. The molecule has 1 N–H and O–H groups in total. The standard InChI is InChI=1S/C10H18N4O/c1-3-4-6-15-7-5-14-9-10(8-11-2)12-13-14/h3,9,11H,1,4-8H2,2H3. The van der Waals surface area contributed by atoms with Crippen molar-refractivity contribution in [1.82, 2.24) is 20.3 Å². The van der Waals surface area contributed by atoms with E-state index in [-0.39, 0.29) is 0 Å². The third kappa shape index (κ3) is 4.71. The molecule has 0 radical (unpaired) electrons. The average Bonchev–Trinajstić information content (AvgIpc) is 2.66. The molecule has 0 aliphatic carbocycles. The molecule has 0 aliphatic rings. The van der Waals surface area contributed by atoms with Crippen LogP contribution in [0.2, 0.25) is 0 Å². The lowest BCUT2D eigenvalue weighted by Gasteiger charge is -2.01. The Morgan fingerprint density at radius 2 is 2.47 bits per heavy atom. The van der Waals surface area contributed by atoms with Crippen molar-refractivity contribution in [3.05, 3.63) is 24.5 Å². The molecule has 1 rings (SSSR count). The number of nitrogens with zero attached hydrogens (tertiary/aromatic N) is 3. The molecule has 0 saturated heterocycles. The van der Waals surface area contributed by atoms with Crippen LogP contribution in [0.15, 0.2) is 18.9 Å². The van der Waals surface area contributed by atoms with Crippen LogP contribution in [0, 0.1) is 0 Å². The normalized spacial score (nSPS) is 10.5. The van der Waals surface area contributed by atoms with Gasteiger partial charge in [-0.05, 0) is 13.5 Å². The lowest BCUT2D eigenvalue weighted by molar-refractivity contribution is 0.127. The van der Waals surface area contributed by atoms with Crippen LogP contribution in [-0.4, -0.2) is 35.3 Å². The molecular weight excluding hydrogens is 192 g/mol. The summed E-state index contributed by atoms with van der Waals surface area (Å²) in [5, 5.41) is 11.0. The van der Waals surface area contributed by atoms with E-state index in [4.69, 9.17) is 4.74 Å². The summed E-state index contributed by atoms with van der Waals surface area (Å²) in [5.41, 5.74) is 0.948. The van der Waals surface area contributed by atoms with Gasteiger partial charge in [0.15, 0.2) is 0 Å². The van der Waals surface area contributed by atoms with Crippen molar-refractivity contribution in [1.29, 1.82) is 0 Å². The van der Waals surface area contributed by atoms with E-state index in [9.17, 15) is 0 Å². The third-order valence-electron chi connectivity index (χ3n) is 1.88. The minimum absolute atomic E-state index is 0.663. The van der Waals surface area contributed by atoms with Crippen molar-refractivity contribution in [2.75, 3.05) is 20.3 Å². The van der Waals surface area contributed by atoms with E-state index in [0.29, 0.717) is 6.61 Å². The predicted octanol–water partition coefficient (Wildman–Crippen LogP) is 0.590. The topological polar surface area (TPSA) is 52.0 Å². The summed E-state index contributed by atoms with van der Waals surface area (Å²) in [6.07, 6.45) is 4.66. The monoisotopic (exact) mass is 210 g/mol. The maximum atomic E-state index is 5.37. The molecular formula is C10H18N4O. The molecule has 0 fully saturated rings. The van der Waals surface area contributed by atoms with Gasteiger partial charge >= 0.3 is 0 Å².